The summed E-state index contributed by atoms with van der Waals surface area (Å²) >= 11 is 0. The monoisotopic (exact) mass is 176 g/mol. The van der Waals surface area contributed by atoms with Crippen LogP contribution in [0.25, 0.3) is 5.70 Å². The number of rotatable bonds is 1. The van der Waals surface area contributed by atoms with Crippen LogP contribution in [0.4, 0.5) is 0 Å². The van der Waals surface area contributed by atoms with Crippen molar-refractivity contribution in [3.8, 4) is 0 Å². The van der Waals surface area contributed by atoms with E-state index in [1.165, 1.54) is 0 Å². The molecule has 0 spiro atoms. The average molecular weight is 176 g/mol. The summed E-state index contributed by atoms with van der Waals surface area (Å²) in [6, 6.07) is 0. The minimum atomic E-state index is -0.237. The molecule has 0 saturated carbocycles. The molecule has 3 heteroatoms. The largest absolute Gasteiger partial charge is 0.310 e. The fourth-order valence-corrected chi connectivity index (χ4v) is 1.53. The van der Waals surface area contributed by atoms with Crippen molar-refractivity contribution in [2.24, 2.45) is 5.41 Å². The van der Waals surface area contributed by atoms with Crippen LogP contribution < -0.4 is 0 Å². The second kappa shape index (κ2) is 2.55. The molecule has 0 amide bonds. The number of carbonyl (C=O) groups excluding carboxylic acids is 1. The molecule has 3 nitrogen and oxygen atoms in total. The third-order valence-corrected chi connectivity index (χ3v) is 2.42. The quantitative estimate of drug-likeness (QED) is 0.653. The number of nitrogens with zero attached hydrogens (tertiary/aromatic N) is 2. The van der Waals surface area contributed by atoms with Gasteiger partial charge in [0.15, 0.2) is 5.78 Å². The lowest BCUT2D eigenvalue weighted by Gasteiger charge is -2.14. The lowest BCUT2D eigenvalue weighted by molar-refractivity contribution is -0.121. The van der Waals surface area contributed by atoms with Gasteiger partial charge in [-0.15, -0.1) is 0 Å². The van der Waals surface area contributed by atoms with Gasteiger partial charge >= 0.3 is 0 Å². The predicted molar refractivity (Wildman–Crippen MR) is 49.9 cm³/mol. The highest BCUT2D eigenvalue weighted by molar-refractivity contribution is 6.02. The normalized spacial score (nSPS) is 20.5. The minimum absolute atomic E-state index is 0.205. The van der Waals surface area contributed by atoms with E-state index in [0.29, 0.717) is 0 Å². The van der Waals surface area contributed by atoms with E-state index >= 15 is 0 Å². The molecular weight excluding hydrogens is 164 g/mol. The van der Waals surface area contributed by atoms with Crippen LogP contribution in [-0.2, 0) is 4.79 Å². The van der Waals surface area contributed by atoms with Crippen LogP contribution in [0.1, 0.15) is 20.3 Å². The maximum Gasteiger partial charge on any atom is 0.163 e. The zero-order valence-electron chi connectivity index (χ0n) is 7.82. The average Bonchev–Trinajstić information content (AvgIpc) is 2.60. The fourth-order valence-electron chi connectivity index (χ4n) is 1.53. The Morgan fingerprint density at radius 1 is 1.54 bits per heavy atom. The first-order valence-electron chi connectivity index (χ1n) is 4.33. The molecule has 68 valence electrons. The van der Waals surface area contributed by atoms with Gasteiger partial charge in [-0.25, -0.2) is 4.98 Å². The summed E-state index contributed by atoms with van der Waals surface area (Å²) < 4.78 is 1.90. The molecule has 2 rings (SSSR count). The molecule has 13 heavy (non-hydrogen) atoms. The Morgan fingerprint density at radius 2 is 2.31 bits per heavy atom. The van der Waals surface area contributed by atoms with Crippen LogP contribution in [0.5, 0.6) is 0 Å². The maximum atomic E-state index is 11.5. The highest BCUT2D eigenvalue weighted by Crippen LogP contribution is 2.35. The molecule has 0 fully saturated rings. The first kappa shape index (κ1) is 8.23. The molecule has 0 radical (unpaired) electrons. The van der Waals surface area contributed by atoms with Crippen LogP contribution in [0.3, 0.4) is 0 Å². The maximum absolute atomic E-state index is 11.5. The molecule has 1 heterocycles. The van der Waals surface area contributed by atoms with Crippen LogP contribution in [0.2, 0.25) is 0 Å². The van der Waals surface area contributed by atoms with Crippen LogP contribution >= 0.6 is 0 Å². The van der Waals surface area contributed by atoms with E-state index in [1.54, 1.807) is 18.6 Å². The molecular formula is C10H12N2O. The van der Waals surface area contributed by atoms with Crippen LogP contribution in [-0.4, -0.2) is 15.3 Å². The Bertz CT molecular complexity index is 360. The van der Waals surface area contributed by atoms with Crippen molar-refractivity contribution in [3.63, 3.8) is 0 Å². The summed E-state index contributed by atoms with van der Waals surface area (Å²) in [5.74, 6) is 0.205. The molecule has 1 aromatic heterocycles. The molecule has 0 aliphatic heterocycles. The third-order valence-electron chi connectivity index (χ3n) is 2.42. The Kier molecular flexibility index (Phi) is 1.62. The lowest BCUT2D eigenvalue weighted by atomic mass is 9.89. The van der Waals surface area contributed by atoms with Crippen molar-refractivity contribution in [1.82, 2.24) is 9.55 Å². The van der Waals surface area contributed by atoms with Gasteiger partial charge < -0.3 is 4.57 Å². The van der Waals surface area contributed by atoms with E-state index < -0.39 is 0 Å². The van der Waals surface area contributed by atoms with Gasteiger partial charge in [-0.1, -0.05) is 13.8 Å². The summed E-state index contributed by atoms with van der Waals surface area (Å²) in [6.45, 7) is 3.94. The molecule has 1 aromatic rings. The predicted octanol–water partition coefficient (Wildman–Crippen LogP) is 1.72. The number of ketones is 1. The Balaban J connectivity index is 2.32. The number of carbonyl (C=O) groups is 1. The molecule has 0 N–H and O–H groups in total. The summed E-state index contributed by atoms with van der Waals surface area (Å²) in [4.78, 5) is 15.4. The zero-order chi connectivity index (χ0) is 9.47. The molecule has 0 unspecified atom stereocenters. The van der Waals surface area contributed by atoms with Crippen molar-refractivity contribution in [3.05, 3.63) is 24.8 Å². The highest BCUT2D eigenvalue weighted by Gasteiger charge is 2.33. The molecule has 0 saturated heterocycles. The number of imidazole rings is 1. The number of hydrogen-bond donors (Lipinski definition) is 0. The van der Waals surface area contributed by atoms with Crippen molar-refractivity contribution >= 4 is 11.5 Å². The van der Waals surface area contributed by atoms with Gasteiger partial charge in [0, 0.05) is 36.0 Å². The van der Waals surface area contributed by atoms with Gasteiger partial charge in [0.25, 0.3) is 0 Å². The summed E-state index contributed by atoms with van der Waals surface area (Å²) in [6.07, 6.45) is 7.81. The molecule has 0 aromatic carbocycles. The first-order valence-corrected chi connectivity index (χ1v) is 4.33. The van der Waals surface area contributed by atoms with Crippen molar-refractivity contribution in [2.75, 3.05) is 0 Å². The van der Waals surface area contributed by atoms with E-state index in [1.807, 2.05) is 24.6 Å². The van der Waals surface area contributed by atoms with Gasteiger partial charge in [0.1, 0.15) is 0 Å². The van der Waals surface area contributed by atoms with E-state index in [2.05, 4.69) is 4.98 Å². The van der Waals surface area contributed by atoms with Crippen molar-refractivity contribution in [2.45, 2.75) is 20.3 Å². The molecule has 1 aliphatic rings. The standard InChI is InChI=1S/C10H12N2O/c1-10(2)6-8(5-9(10)13)12-4-3-11-7-12/h3-5,7H,6H2,1-2H3. The zero-order valence-corrected chi connectivity index (χ0v) is 7.82. The van der Waals surface area contributed by atoms with E-state index in [-0.39, 0.29) is 11.2 Å². The topological polar surface area (TPSA) is 34.9 Å². The summed E-state index contributed by atoms with van der Waals surface area (Å²) in [7, 11) is 0. The van der Waals surface area contributed by atoms with Gasteiger partial charge in [-0.05, 0) is 0 Å². The van der Waals surface area contributed by atoms with Gasteiger partial charge in [0.2, 0.25) is 0 Å². The Morgan fingerprint density at radius 3 is 2.77 bits per heavy atom. The SMILES string of the molecule is CC1(C)CC(n2ccnc2)=CC1=O. The van der Waals surface area contributed by atoms with Gasteiger partial charge in [-0.3, -0.25) is 4.79 Å². The Labute approximate surface area is 77.1 Å². The van der Waals surface area contributed by atoms with E-state index in [9.17, 15) is 4.79 Å². The van der Waals surface area contributed by atoms with E-state index in [4.69, 9.17) is 0 Å². The van der Waals surface area contributed by atoms with Gasteiger partial charge in [-0.2, -0.15) is 0 Å². The van der Waals surface area contributed by atoms with Crippen LogP contribution in [0.15, 0.2) is 24.8 Å². The smallest absolute Gasteiger partial charge is 0.163 e. The lowest BCUT2D eigenvalue weighted by Crippen LogP contribution is -2.16. The van der Waals surface area contributed by atoms with Crippen molar-refractivity contribution in [1.29, 1.82) is 0 Å². The summed E-state index contributed by atoms with van der Waals surface area (Å²) in [5.41, 5.74) is 0.798. The fraction of sp³-hybridized carbons (Fsp3) is 0.400. The van der Waals surface area contributed by atoms with Crippen LogP contribution in [0, 0.1) is 5.41 Å². The second-order valence-electron chi connectivity index (χ2n) is 4.03. The number of hydrogen-bond acceptors (Lipinski definition) is 2. The molecule has 0 bridgehead atoms. The number of allylic oxidation sites excluding steroid dienone is 2. The Hall–Kier alpha value is -1.38. The third kappa shape index (κ3) is 1.30. The van der Waals surface area contributed by atoms with E-state index in [0.717, 1.165) is 12.1 Å². The molecule has 0 atom stereocenters. The van der Waals surface area contributed by atoms with Gasteiger partial charge in [0.05, 0.1) is 6.33 Å². The summed E-state index contributed by atoms with van der Waals surface area (Å²) in [5, 5.41) is 0. The number of aromatic nitrogens is 2. The first-order chi connectivity index (χ1) is 6.09. The highest BCUT2D eigenvalue weighted by atomic mass is 16.1. The van der Waals surface area contributed by atoms with Crippen molar-refractivity contribution < 1.29 is 4.79 Å². The minimum Gasteiger partial charge on any atom is -0.310 e. The molecule has 1 aliphatic carbocycles. The second-order valence-corrected chi connectivity index (χ2v) is 4.03.